The van der Waals surface area contributed by atoms with Crippen molar-refractivity contribution in [1.82, 2.24) is 0 Å². The van der Waals surface area contributed by atoms with E-state index in [1.165, 1.54) is 27.8 Å². The van der Waals surface area contributed by atoms with Gasteiger partial charge in [0.15, 0.2) is 0 Å². The van der Waals surface area contributed by atoms with Gasteiger partial charge in [-0.1, -0.05) is 24.3 Å². The van der Waals surface area contributed by atoms with E-state index in [4.69, 9.17) is 4.74 Å². The zero-order valence-electron chi connectivity index (χ0n) is 11.6. The minimum Gasteiger partial charge on any atom is -0.489 e. The summed E-state index contributed by atoms with van der Waals surface area (Å²) in [5, 5.41) is 0. The fourth-order valence-electron chi connectivity index (χ4n) is 2.25. The lowest BCUT2D eigenvalue weighted by Crippen LogP contribution is -2.00. The molecular weight excluding hydrogens is 220 g/mol. The van der Waals surface area contributed by atoms with E-state index < -0.39 is 0 Å². The van der Waals surface area contributed by atoms with Crippen LogP contribution in [0.15, 0.2) is 36.4 Å². The Kier molecular flexibility index (Phi) is 3.71. The van der Waals surface area contributed by atoms with Crippen LogP contribution in [0.2, 0.25) is 0 Å². The predicted octanol–water partition coefficient (Wildman–Crippen LogP) is 4.50. The molecule has 94 valence electrons. The number of benzene rings is 2. The van der Waals surface area contributed by atoms with E-state index in [-0.39, 0.29) is 0 Å². The summed E-state index contributed by atoms with van der Waals surface area (Å²) in [6, 6.07) is 12.7. The number of hydrogen-bond acceptors (Lipinski definition) is 1. The van der Waals surface area contributed by atoms with Crippen molar-refractivity contribution < 1.29 is 4.74 Å². The highest BCUT2D eigenvalue weighted by atomic mass is 16.5. The monoisotopic (exact) mass is 240 g/mol. The molecule has 0 spiro atoms. The van der Waals surface area contributed by atoms with Crippen LogP contribution in [0, 0.1) is 27.7 Å². The highest BCUT2D eigenvalue weighted by Crippen LogP contribution is 2.20. The highest BCUT2D eigenvalue weighted by Gasteiger charge is 2.03. The molecule has 0 amide bonds. The summed E-state index contributed by atoms with van der Waals surface area (Å²) in [7, 11) is 0. The molecule has 2 rings (SSSR count). The Bertz CT molecular complexity index is 515. The van der Waals surface area contributed by atoms with Crippen molar-refractivity contribution in [2.75, 3.05) is 0 Å². The van der Waals surface area contributed by atoms with Gasteiger partial charge in [0, 0.05) is 0 Å². The van der Waals surface area contributed by atoms with Crippen molar-refractivity contribution in [3.63, 3.8) is 0 Å². The molecule has 2 aromatic rings. The molecule has 2 aromatic carbocycles. The van der Waals surface area contributed by atoms with Gasteiger partial charge in [-0.3, -0.25) is 0 Å². The van der Waals surface area contributed by atoms with Crippen LogP contribution in [0.4, 0.5) is 0 Å². The lowest BCUT2D eigenvalue weighted by Gasteiger charge is -2.12. The van der Waals surface area contributed by atoms with Crippen molar-refractivity contribution >= 4 is 0 Å². The van der Waals surface area contributed by atoms with E-state index in [1.807, 2.05) is 0 Å². The van der Waals surface area contributed by atoms with E-state index in [0.29, 0.717) is 6.61 Å². The zero-order chi connectivity index (χ0) is 13.1. The van der Waals surface area contributed by atoms with E-state index in [1.54, 1.807) is 0 Å². The molecule has 18 heavy (non-hydrogen) atoms. The van der Waals surface area contributed by atoms with Crippen molar-refractivity contribution in [1.29, 1.82) is 0 Å². The number of rotatable bonds is 3. The van der Waals surface area contributed by atoms with Gasteiger partial charge in [0.05, 0.1) is 0 Å². The number of hydrogen-bond donors (Lipinski definition) is 0. The summed E-state index contributed by atoms with van der Waals surface area (Å²) >= 11 is 0. The lowest BCUT2D eigenvalue weighted by molar-refractivity contribution is 0.304. The Balaban J connectivity index is 2.16. The quantitative estimate of drug-likeness (QED) is 0.767. The predicted molar refractivity (Wildman–Crippen MR) is 76.2 cm³/mol. The minimum atomic E-state index is 0.640. The van der Waals surface area contributed by atoms with E-state index in [2.05, 4.69) is 64.1 Å². The molecule has 0 saturated carbocycles. The number of aryl methyl sites for hydroxylation is 4. The molecule has 0 atom stereocenters. The molecule has 0 aromatic heterocycles. The summed E-state index contributed by atoms with van der Waals surface area (Å²) in [5.41, 5.74) is 6.36. The smallest absolute Gasteiger partial charge is 0.120 e. The first-order chi connectivity index (χ1) is 8.56. The topological polar surface area (TPSA) is 9.23 Å². The third-order valence-electron chi connectivity index (χ3n) is 3.22. The molecule has 0 unspecified atom stereocenters. The molecular formula is C17H20O. The van der Waals surface area contributed by atoms with Crippen LogP contribution in [0.5, 0.6) is 5.75 Å². The van der Waals surface area contributed by atoms with Gasteiger partial charge >= 0.3 is 0 Å². The van der Waals surface area contributed by atoms with E-state index in [0.717, 1.165) is 5.75 Å². The molecule has 0 bridgehead atoms. The highest BCUT2D eigenvalue weighted by molar-refractivity contribution is 5.35. The van der Waals surface area contributed by atoms with Gasteiger partial charge in [-0.25, -0.2) is 0 Å². The maximum atomic E-state index is 5.92. The summed E-state index contributed by atoms with van der Waals surface area (Å²) in [4.78, 5) is 0. The normalized spacial score (nSPS) is 10.4. The Morgan fingerprint density at radius 2 is 1.39 bits per heavy atom. The fraction of sp³-hybridized carbons (Fsp3) is 0.294. The second kappa shape index (κ2) is 5.26. The first kappa shape index (κ1) is 12.7. The third kappa shape index (κ3) is 2.92. The molecule has 0 aliphatic heterocycles. The Morgan fingerprint density at radius 3 is 1.94 bits per heavy atom. The molecule has 0 saturated heterocycles. The average molecular weight is 240 g/mol. The van der Waals surface area contributed by atoms with Gasteiger partial charge in [0.25, 0.3) is 0 Å². The van der Waals surface area contributed by atoms with Crippen LogP contribution in [0.1, 0.15) is 27.8 Å². The largest absolute Gasteiger partial charge is 0.489 e. The zero-order valence-corrected chi connectivity index (χ0v) is 11.6. The minimum absolute atomic E-state index is 0.640. The van der Waals surface area contributed by atoms with Crippen LogP contribution in [0.25, 0.3) is 0 Å². The first-order valence-corrected chi connectivity index (χ1v) is 6.32. The van der Waals surface area contributed by atoms with Crippen molar-refractivity contribution in [2.45, 2.75) is 34.3 Å². The van der Waals surface area contributed by atoms with Gasteiger partial charge < -0.3 is 4.74 Å². The summed E-state index contributed by atoms with van der Waals surface area (Å²) in [6.45, 7) is 9.10. The maximum absolute atomic E-state index is 5.92. The average Bonchev–Trinajstić information content (AvgIpc) is 2.27. The molecule has 1 heteroatoms. The van der Waals surface area contributed by atoms with Crippen molar-refractivity contribution in [2.24, 2.45) is 0 Å². The second-order valence-electron chi connectivity index (χ2n) is 4.98. The molecule has 1 nitrogen and oxygen atoms in total. The third-order valence-corrected chi connectivity index (χ3v) is 3.22. The summed E-state index contributed by atoms with van der Waals surface area (Å²) < 4.78 is 5.92. The first-order valence-electron chi connectivity index (χ1n) is 6.32. The second-order valence-corrected chi connectivity index (χ2v) is 4.98. The fourth-order valence-corrected chi connectivity index (χ4v) is 2.25. The molecule has 0 N–H and O–H groups in total. The van der Waals surface area contributed by atoms with Gasteiger partial charge in [-0.05, 0) is 67.6 Å². The van der Waals surface area contributed by atoms with Crippen LogP contribution >= 0.6 is 0 Å². The van der Waals surface area contributed by atoms with Crippen LogP contribution in [-0.2, 0) is 6.61 Å². The summed E-state index contributed by atoms with van der Waals surface area (Å²) in [6.07, 6.45) is 0. The van der Waals surface area contributed by atoms with Crippen LogP contribution < -0.4 is 4.74 Å². The molecule has 0 aliphatic rings. The van der Waals surface area contributed by atoms with Gasteiger partial charge in [0.1, 0.15) is 12.4 Å². The van der Waals surface area contributed by atoms with E-state index >= 15 is 0 Å². The molecule has 0 heterocycles. The van der Waals surface area contributed by atoms with Crippen molar-refractivity contribution in [3.8, 4) is 5.75 Å². The standard InChI is InChI=1S/C17H20O/c1-12-8-13(2)10-16(9-12)18-11-17-14(3)6-5-7-15(17)4/h5-10H,11H2,1-4H3. The molecule has 0 aliphatic carbocycles. The van der Waals surface area contributed by atoms with Gasteiger partial charge in [-0.2, -0.15) is 0 Å². The van der Waals surface area contributed by atoms with Crippen LogP contribution in [-0.4, -0.2) is 0 Å². The van der Waals surface area contributed by atoms with Crippen molar-refractivity contribution in [3.05, 3.63) is 64.2 Å². The Labute approximate surface area is 109 Å². The van der Waals surface area contributed by atoms with Gasteiger partial charge in [-0.15, -0.1) is 0 Å². The SMILES string of the molecule is Cc1cc(C)cc(OCc2c(C)cccc2C)c1. The molecule has 0 radical (unpaired) electrons. The van der Waals surface area contributed by atoms with E-state index in [9.17, 15) is 0 Å². The lowest BCUT2D eigenvalue weighted by atomic mass is 10.0. The number of ether oxygens (including phenoxy) is 1. The maximum Gasteiger partial charge on any atom is 0.120 e. The van der Waals surface area contributed by atoms with Crippen LogP contribution in [0.3, 0.4) is 0 Å². The Morgan fingerprint density at radius 1 is 0.833 bits per heavy atom. The van der Waals surface area contributed by atoms with Gasteiger partial charge in [0.2, 0.25) is 0 Å². The Hall–Kier alpha value is -1.76. The molecule has 0 fully saturated rings. The summed E-state index contributed by atoms with van der Waals surface area (Å²) in [5.74, 6) is 0.954.